The Bertz CT molecular complexity index is 1060. The zero-order valence-corrected chi connectivity index (χ0v) is 43.2. The number of unbranched alkanes of at least 4 members (excludes halogenated alkanes) is 38. The maximum Gasteiger partial charge on any atom is 0.472 e. The number of carbonyl (C=O) groups excluding carboxylic acids is 2. The average Bonchev–Trinajstić information content (AvgIpc) is 3.28. The van der Waals surface area contributed by atoms with E-state index >= 15 is 0 Å². The smallest absolute Gasteiger partial charge is 0.462 e. The SMILES string of the molecule is CCCCCCCCCC/C=C\CCCCCCCCCCCCCCCCCCCCCCCCCCCC(=O)OC(COC(=O)CCCCCCCC)COP(=O)(O)OCCN. The number of phosphoric ester groups is 1. The van der Waals surface area contributed by atoms with E-state index in [-0.39, 0.29) is 38.6 Å². The Morgan fingerprint density at radius 2 is 0.766 bits per heavy atom. The fourth-order valence-electron chi connectivity index (χ4n) is 8.28. The molecule has 0 saturated carbocycles. The van der Waals surface area contributed by atoms with Gasteiger partial charge >= 0.3 is 19.8 Å². The van der Waals surface area contributed by atoms with Gasteiger partial charge in [0, 0.05) is 19.4 Å². The van der Waals surface area contributed by atoms with E-state index in [1.54, 1.807) is 0 Å². The highest BCUT2D eigenvalue weighted by Gasteiger charge is 2.26. The Hall–Kier alpha value is -1.25. The summed E-state index contributed by atoms with van der Waals surface area (Å²) in [4.78, 5) is 34.7. The summed E-state index contributed by atoms with van der Waals surface area (Å²) in [7, 11) is -4.36. The summed E-state index contributed by atoms with van der Waals surface area (Å²) >= 11 is 0. The van der Waals surface area contributed by atoms with Crippen molar-refractivity contribution in [3.05, 3.63) is 12.2 Å². The summed E-state index contributed by atoms with van der Waals surface area (Å²) in [6, 6.07) is 0. The van der Waals surface area contributed by atoms with Crippen LogP contribution in [0.2, 0.25) is 0 Å². The van der Waals surface area contributed by atoms with Gasteiger partial charge in [-0.15, -0.1) is 0 Å². The molecule has 3 N–H and O–H groups in total. The zero-order chi connectivity index (χ0) is 46.7. The molecule has 0 heterocycles. The van der Waals surface area contributed by atoms with Gasteiger partial charge in [0.1, 0.15) is 6.61 Å². The van der Waals surface area contributed by atoms with E-state index in [1.807, 2.05) is 0 Å². The minimum Gasteiger partial charge on any atom is -0.462 e. The molecular weight excluding hydrogens is 822 g/mol. The van der Waals surface area contributed by atoms with Gasteiger partial charge in [0.25, 0.3) is 0 Å². The van der Waals surface area contributed by atoms with E-state index < -0.39 is 26.5 Å². The molecule has 0 amide bonds. The molecule has 0 aromatic heterocycles. The molecule has 0 aliphatic heterocycles. The number of carbonyl (C=O) groups is 2. The molecule has 0 fully saturated rings. The fourth-order valence-corrected chi connectivity index (χ4v) is 9.05. The molecule has 2 atom stereocenters. The summed E-state index contributed by atoms with van der Waals surface area (Å²) in [5.74, 6) is -0.824. The molecule has 0 bridgehead atoms. The van der Waals surface area contributed by atoms with Gasteiger partial charge in [0.15, 0.2) is 6.10 Å². The quantitative estimate of drug-likeness (QED) is 0.0265. The van der Waals surface area contributed by atoms with Crippen LogP contribution in [0.4, 0.5) is 0 Å². The zero-order valence-electron chi connectivity index (χ0n) is 42.3. The van der Waals surface area contributed by atoms with E-state index in [0.29, 0.717) is 6.42 Å². The number of phosphoric acid groups is 1. The maximum atomic E-state index is 12.6. The van der Waals surface area contributed by atoms with Crippen molar-refractivity contribution in [2.75, 3.05) is 26.4 Å². The second-order valence-corrected chi connectivity index (χ2v) is 20.3. The van der Waals surface area contributed by atoms with Crippen molar-refractivity contribution in [3.63, 3.8) is 0 Å². The number of allylic oxidation sites excluding steroid dienone is 2. The van der Waals surface area contributed by atoms with Gasteiger partial charge < -0.3 is 20.1 Å². The van der Waals surface area contributed by atoms with Gasteiger partial charge in [-0.1, -0.05) is 251 Å². The molecule has 0 aliphatic rings. The van der Waals surface area contributed by atoms with E-state index in [9.17, 15) is 19.0 Å². The first kappa shape index (κ1) is 62.8. The molecule has 10 heteroatoms. The third kappa shape index (κ3) is 50.2. The van der Waals surface area contributed by atoms with Crippen LogP contribution in [0.3, 0.4) is 0 Å². The summed E-state index contributed by atoms with van der Waals surface area (Å²) in [6.45, 7) is 3.70. The van der Waals surface area contributed by atoms with E-state index in [0.717, 1.165) is 38.5 Å². The van der Waals surface area contributed by atoms with Crippen molar-refractivity contribution in [1.29, 1.82) is 0 Å². The Balaban J connectivity index is 3.62. The molecule has 64 heavy (non-hydrogen) atoms. The first-order valence-corrected chi connectivity index (χ1v) is 29.2. The van der Waals surface area contributed by atoms with Gasteiger partial charge in [0.05, 0.1) is 13.2 Å². The first-order chi connectivity index (χ1) is 31.3. The van der Waals surface area contributed by atoms with Gasteiger partial charge in [-0.2, -0.15) is 0 Å². The molecular formula is C54H106NO8P. The lowest BCUT2D eigenvalue weighted by Gasteiger charge is -2.19. The number of hydrogen-bond donors (Lipinski definition) is 2. The molecule has 0 aromatic carbocycles. The third-order valence-electron chi connectivity index (χ3n) is 12.4. The van der Waals surface area contributed by atoms with Crippen molar-refractivity contribution in [1.82, 2.24) is 0 Å². The standard InChI is InChI=1S/C54H106NO8P/c1-3-5-7-9-11-12-13-14-15-16-17-18-19-20-21-22-23-24-25-26-27-28-29-30-31-32-33-34-35-36-37-38-39-40-41-43-45-47-54(57)63-52(51-62-64(58,59)61-49-48-55)50-60-53(56)46-44-42-10-8-6-4-2/h16-17,52H,3-15,18-51,55H2,1-2H3,(H,58,59)/b17-16-. The van der Waals surface area contributed by atoms with Crippen molar-refractivity contribution < 1.29 is 37.6 Å². The van der Waals surface area contributed by atoms with Crippen molar-refractivity contribution >= 4 is 19.8 Å². The minimum atomic E-state index is -4.36. The lowest BCUT2D eigenvalue weighted by atomic mass is 10.0. The van der Waals surface area contributed by atoms with Crippen molar-refractivity contribution in [2.45, 2.75) is 296 Å². The van der Waals surface area contributed by atoms with Crippen LogP contribution in [0, 0.1) is 0 Å². The molecule has 0 rings (SSSR count). The summed E-state index contributed by atoms with van der Waals surface area (Å²) in [5, 5.41) is 0. The number of rotatable bonds is 53. The molecule has 9 nitrogen and oxygen atoms in total. The Morgan fingerprint density at radius 3 is 1.11 bits per heavy atom. The highest BCUT2D eigenvalue weighted by Crippen LogP contribution is 2.43. The van der Waals surface area contributed by atoms with Crippen LogP contribution >= 0.6 is 7.82 Å². The molecule has 2 unspecified atom stereocenters. The Labute approximate surface area is 396 Å². The second-order valence-electron chi connectivity index (χ2n) is 18.8. The van der Waals surface area contributed by atoms with E-state index in [4.69, 9.17) is 24.3 Å². The molecule has 0 aliphatic carbocycles. The fraction of sp³-hybridized carbons (Fsp3) is 0.926. The van der Waals surface area contributed by atoms with Crippen LogP contribution < -0.4 is 5.73 Å². The van der Waals surface area contributed by atoms with Crippen LogP contribution in [-0.2, 0) is 32.7 Å². The number of esters is 2. The van der Waals surface area contributed by atoms with Crippen LogP contribution in [0.5, 0.6) is 0 Å². The van der Waals surface area contributed by atoms with Crippen LogP contribution in [-0.4, -0.2) is 49.3 Å². The van der Waals surface area contributed by atoms with Crippen LogP contribution in [0.25, 0.3) is 0 Å². The lowest BCUT2D eigenvalue weighted by Crippen LogP contribution is -2.29. The average molecular weight is 928 g/mol. The second kappa shape index (κ2) is 51.1. The molecule has 380 valence electrons. The molecule has 0 aromatic rings. The third-order valence-corrected chi connectivity index (χ3v) is 13.4. The summed E-state index contributed by atoms with van der Waals surface area (Å²) in [5.41, 5.74) is 5.34. The highest BCUT2D eigenvalue weighted by molar-refractivity contribution is 7.47. The molecule has 0 saturated heterocycles. The number of nitrogens with two attached hydrogens (primary N) is 1. The monoisotopic (exact) mass is 928 g/mol. The van der Waals surface area contributed by atoms with Gasteiger partial charge in [-0.25, -0.2) is 4.57 Å². The van der Waals surface area contributed by atoms with Crippen molar-refractivity contribution in [2.24, 2.45) is 5.73 Å². The Morgan fingerprint density at radius 1 is 0.453 bits per heavy atom. The van der Waals surface area contributed by atoms with Gasteiger partial charge in [0.2, 0.25) is 0 Å². The minimum absolute atomic E-state index is 0.0570. The first-order valence-electron chi connectivity index (χ1n) is 27.7. The predicted molar refractivity (Wildman–Crippen MR) is 271 cm³/mol. The summed E-state index contributed by atoms with van der Waals surface area (Å²) in [6.07, 6.45) is 57.7. The maximum absolute atomic E-state index is 12.6. The number of hydrogen-bond acceptors (Lipinski definition) is 8. The van der Waals surface area contributed by atoms with Crippen LogP contribution in [0.15, 0.2) is 12.2 Å². The van der Waals surface area contributed by atoms with Crippen molar-refractivity contribution in [3.8, 4) is 0 Å². The predicted octanol–water partition coefficient (Wildman–Crippen LogP) is 16.9. The lowest BCUT2D eigenvalue weighted by molar-refractivity contribution is -0.161. The molecule has 0 spiro atoms. The van der Waals surface area contributed by atoms with Gasteiger partial charge in [-0.3, -0.25) is 18.6 Å². The largest absolute Gasteiger partial charge is 0.472 e. The molecule has 0 radical (unpaired) electrons. The normalized spacial score (nSPS) is 13.1. The van der Waals surface area contributed by atoms with E-state index in [1.165, 1.54) is 218 Å². The highest BCUT2D eigenvalue weighted by atomic mass is 31.2. The van der Waals surface area contributed by atoms with Gasteiger partial charge in [-0.05, 0) is 38.5 Å². The Kier molecular flexibility index (Phi) is 50.1. The number of ether oxygens (including phenoxy) is 2. The van der Waals surface area contributed by atoms with E-state index in [2.05, 4.69) is 26.0 Å². The van der Waals surface area contributed by atoms with Crippen LogP contribution in [0.1, 0.15) is 290 Å². The summed E-state index contributed by atoms with van der Waals surface area (Å²) < 4.78 is 32.7. The topological polar surface area (TPSA) is 134 Å².